The van der Waals surface area contributed by atoms with Gasteiger partial charge in [-0.05, 0) is 26.4 Å². The van der Waals surface area contributed by atoms with E-state index in [1.807, 2.05) is 6.92 Å². The molecule has 1 aliphatic heterocycles. The van der Waals surface area contributed by atoms with Crippen molar-refractivity contribution in [2.45, 2.75) is 53.1 Å². The summed E-state index contributed by atoms with van der Waals surface area (Å²) in [6.07, 6.45) is 1.57. The van der Waals surface area contributed by atoms with Gasteiger partial charge in [-0.25, -0.2) is 9.98 Å². The Morgan fingerprint density at radius 3 is 2.00 bits per heavy atom. The molecule has 7 nitrogen and oxygen atoms in total. The maximum absolute atomic E-state index is 10.2. The maximum Gasteiger partial charge on any atom is 0.253 e. The number of carbonyl (C=O) groups excluding carboxylic acids is 2. The molecular weight excluding hydrogens is 272 g/mol. The maximum atomic E-state index is 10.2. The van der Waals surface area contributed by atoms with Gasteiger partial charge in [-0.3, -0.25) is 19.7 Å². The third kappa shape index (κ3) is 7.13. The van der Waals surface area contributed by atoms with Crippen LogP contribution < -0.4 is 0 Å². The first kappa shape index (κ1) is 19.4. The number of imide groups is 1. The van der Waals surface area contributed by atoms with Gasteiger partial charge in [0.2, 0.25) is 0 Å². The largest absolute Gasteiger partial charge is 0.282 e. The molecule has 0 aromatic carbocycles. The number of hydroxylamine groups is 2. The van der Waals surface area contributed by atoms with Gasteiger partial charge in [-0.15, -0.1) is 0 Å². The van der Waals surface area contributed by atoms with Crippen LogP contribution in [0.2, 0.25) is 0 Å². The van der Waals surface area contributed by atoms with Gasteiger partial charge in [0.15, 0.2) is 0 Å². The molecule has 1 atom stereocenters. The number of amides is 2. The minimum atomic E-state index is -0.505. The molecule has 1 unspecified atom stereocenters. The molecular formula is C14H26N4O3. The Kier molecular flexibility index (Phi) is 10.3. The van der Waals surface area contributed by atoms with E-state index >= 15 is 0 Å². The fraction of sp³-hybridized carbons (Fsp3) is 0.786. The molecule has 0 aromatic heterocycles. The molecule has 0 saturated carbocycles. The smallest absolute Gasteiger partial charge is 0.253 e. The molecule has 0 aromatic rings. The second kappa shape index (κ2) is 11.1. The molecule has 21 heavy (non-hydrogen) atoms. The van der Waals surface area contributed by atoms with E-state index in [1.165, 1.54) is 0 Å². The van der Waals surface area contributed by atoms with Crippen molar-refractivity contribution in [3.63, 3.8) is 0 Å². The second-order valence-electron chi connectivity index (χ2n) is 4.41. The van der Waals surface area contributed by atoms with Crippen LogP contribution in [0.5, 0.6) is 0 Å². The summed E-state index contributed by atoms with van der Waals surface area (Å²) in [4.78, 5) is 31.0. The van der Waals surface area contributed by atoms with Crippen molar-refractivity contribution in [3.8, 4) is 0 Å². The summed E-state index contributed by atoms with van der Waals surface area (Å²) in [6.45, 7) is 11.3. The van der Waals surface area contributed by atoms with Gasteiger partial charge in [-0.2, -0.15) is 5.06 Å². The Morgan fingerprint density at radius 1 is 1.19 bits per heavy atom. The molecule has 1 aliphatic rings. The quantitative estimate of drug-likeness (QED) is 0.460. The first-order chi connectivity index (χ1) is 10.0. The van der Waals surface area contributed by atoms with Gasteiger partial charge in [0.25, 0.3) is 11.8 Å². The number of hydrogen-bond acceptors (Lipinski definition) is 6. The zero-order valence-electron chi connectivity index (χ0n) is 13.4. The first-order valence-corrected chi connectivity index (χ1v) is 7.41. The summed E-state index contributed by atoms with van der Waals surface area (Å²) in [5.41, 5.74) is 0. The molecule has 1 rings (SSSR count). The van der Waals surface area contributed by atoms with Crippen LogP contribution in [-0.2, 0) is 9.59 Å². The van der Waals surface area contributed by atoms with Crippen LogP contribution in [0.3, 0.4) is 0 Å². The van der Waals surface area contributed by atoms with E-state index in [4.69, 9.17) is 5.21 Å². The highest BCUT2D eigenvalue weighted by molar-refractivity contribution is 6.00. The predicted octanol–water partition coefficient (Wildman–Crippen LogP) is 1.78. The Morgan fingerprint density at radius 2 is 1.71 bits per heavy atom. The lowest BCUT2D eigenvalue weighted by atomic mass is 10.3. The lowest BCUT2D eigenvalue weighted by Gasteiger charge is -2.23. The van der Waals surface area contributed by atoms with Crippen molar-refractivity contribution in [2.24, 2.45) is 9.98 Å². The molecule has 0 radical (unpaired) electrons. The van der Waals surface area contributed by atoms with Crippen LogP contribution in [0.4, 0.5) is 0 Å². The highest BCUT2D eigenvalue weighted by Gasteiger charge is 2.26. The number of aliphatic imine (C=N–C) groups is 2. The Bertz CT molecular complexity index is 372. The summed E-state index contributed by atoms with van der Waals surface area (Å²) in [7, 11) is 0. The zero-order valence-corrected chi connectivity index (χ0v) is 13.4. The fourth-order valence-electron chi connectivity index (χ4n) is 1.82. The van der Waals surface area contributed by atoms with Gasteiger partial charge in [0.05, 0.1) is 6.01 Å². The van der Waals surface area contributed by atoms with Gasteiger partial charge >= 0.3 is 0 Å². The van der Waals surface area contributed by atoms with Crippen molar-refractivity contribution in [1.82, 2.24) is 9.96 Å². The standard InChI is InChI=1S/C10H21N3.C4H5NO3/c1-5-10(12-9-11-6-2)13(7-3)8-4;6-3-1-2-4(7)5(3)8/h10H,5-8H2,1-4H3;8H,1-2H2. The highest BCUT2D eigenvalue weighted by Crippen LogP contribution is 2.07. The van der Waals surface area contributed by atoms with Crippen LogP contribution in [0.1, 0.15) is 47.0 Å². The molecule has 1 fully saturated rings. The van der Waals surface area contributed by atoms with Gasteiger partial charge in [0.1, 0.15) is 6.17 Å². The predicted molar refractivity (Wildman–Crippen MR) is 80.3 cm³/mol. The third-order valence-electron chi connectivity index (χ3n) is 3.06. The van der Waals surface area contributed by atoms with Gasteiger partial charge < -0.3 is 0 Å². The topological polar surface area (TPSA) is 85.6 Å². The second-order valence-corrected chi connectivity index (χ2v) is 4.41. The van der Waals surface area contributed by atoms with Crippen molar-refractivity contribution < 1.29 is 14.8 Å². The van der Waals surface area contributed by atoms with Crippen LogP contribution in [0.25, 0.3) is 0 Å². The fourth-order valence-corrected chi connectivity index (χ4v) is 1.82. The molecule has 0 bridgehead atoms. The normalized spacial score (nSPS) is 15.4. The van der Waals surface area contributed by atoms with E-state index in [2.05, 4.69) is 41.7 Å². The van der Waals surface area contributed by atoms with Gasteiger partial charge in [-0.1, -0.05) is 20.8 Å². The summed E-state index contributed by atoms with van der Waals surface area (Å²) < 4.78 is 0. The number of carbonyl (C=O) groups is 2. The van der Waals surface area contributed by atoms with Crippen molar-refractivity contribution >= 4 is 17.8 Å². The molecule has 1 heterocycles. The number of hydrogen-bond donors (Lipinski definition) is 1. The minimum absolute atomic E-state index is 0.148. The molecule has 1 N–H and O–H groups in total. The molecule has 2 amide bonds. The van der Waals surface area contributed by atoms with Gasteiger partial charge in [0, 0.05) is 19.4 Å². The van der Waals surface area contributed by atoms with Crippen LogP contribution in [-0.4, -0.2) is 58.8 Å². The molecule has 7 heteroatoms. The van der Waals surface area contributed by atoms with Crippen molar-refractivity contribution in [1.29, 1.82) is 0 Å². The van der Waals surface area contributed by atoms with E-state index in [0.717, 1.165) is 26.1 Å². The van der Waals surface area contributed by atoms with E-state index in [0.29, 0.717) is 0 Å². The Labute approximate surface area is 126 Å². The Balaban J connectivity index is 0.000000423. The van der Waals surface area contributed by atoms with E-state index in [9.17, 15) is 9.59 Å². The van der Waals surface area contributed by atoms with Crippen molar-refractivity contribution in [2.75, 3.05) is 19.6 Å². The third-order valence-corrected chi connectivity index (χ3v) is 3.06. The average Bonchev–Trinajstić information content (AvgIpc) is 2.78. The molecule has 120 valence electrons. The average molecular weight is 298 g/mol. The van der Waals surface area contributed by atoms with Crippen molar-refractivity contribution in [3.05, 3.63) is 0 Å². The summed E-state index contributed by atoms with van der Waals surface area (Å²) in [6, 6.07) is 2.74. The highest BCUT2D eigenvalue weighted by atomic mass is 16.5. The van der Waals surface area contributed by atoms with Crippen LogP contribution in [0, 0.1) is 0 Å². The SMILES string of the molecule is CCN=C=NC(CC)N(CC)CC.O=C1CCC(=O)N1O. The molecule has 0 spiro atoms. The summed E-state index contributed by atoms with van der Waals surface area (Å²) >= 11 is 0. The Hall–Kier alpha value is -1.56. The van der Waals surface area contributed by atoms with E-state index < -0.39 is 11.8 Å². The summed E-state index contributed by atoms with van der Waals surface area (Å²) in [5.74, 6) is -1.01. The lowest BCUT2D eigenvalue weighted by Crippen LogP contribution is -2.32. The molecule has 1 saturated heterocycles. The summed E-state index contributed by atoms with van der Waals surface area (Å²) in [5, 5.41) is 8.57. The monoisotopic (exact) mass is 298 g/mol. The number of nitrogens with zero attached hydrogens (tertiary/aromatic N) is 4. The van der Waals surface area contributed by atoms with E-state index in [-0.39, 0.29) is 24.1 Å². The lowest BCUT2D eigenvalue weighted by molar-refractivity contribution is -0.171. The minimum Gasteiger partial charge on any atom is -0.282 e. The van der Waals surface area contributed by atoms with Crippen LogP contribution >= 0.6 is 0 Å². The van der Waals surface area contributed by atoms with E-state index in [1.54, 1.807) is 0 Å². The van der Waals surface area contributed by atoms with Crippen LogP contribution in [0.15, 0.2) is 9.98 Å². The first-order valence-electron chi connectivity index (χ1n) is 7.41. The number of rotatable bonds is 6. The zero-order chi connectivity index (χ0) is 16.3. The molecule has 0 aliphatic carbocycles.